The third-order valence-electron chi connectivity index (χ3n) is 4.05. The van der Waals surface area contributed by atoms with Crippen molar-refractivity contribution in [1.29, 1.82) is 0 Å². The molecule has 0 atom stereocenters. The molecule has 0 radical (unpaired) electrons. The van der Waals surface area contributed by atoms with Gasteiger partial charge < -0.3 is 14.7 Å². The molecule has 1 aliphatic rings. The van der Waals surface area contributed by atoms with E-state index in [1.165, 1.54) is 0 Å². The van der Waals surface area contributed by atoms with Gasteiger partial charge in [0, 0.05) is 23.8 Å². The normalized spacial score (nSPS) is 13.6. The lowest BCUT2D eigenvalue weighted by Crippen LogP contribution is -2.35. The van der Waals surface area contributed by atoms with Gasteiger partial charge in [-0.1, -0.05) is 12.1 Å². The molecule has 5 heteroatoms. The smallest absolute Gasteiger partial charge is 0.254 e. The van der Waals surface area contributed by atoms with Crippen LogP contribution in [-0.4, -0.2) is 40.1 Å². The van der Waals surface area contributed by atoms with Gasteiger partial charge in [-0.15, -0.1) is 0 Å². The van der Waals surface area contributed by atoms with E-state index in [-0.39, 0.29) is 18.6 Å². The molecule has 126 valence electrons. The number of amides is 1. The Morgan fingerprint density at radius 2 is 2.17 bits per heavy atom. The third-order valence-corrected chi connectivity index (χ3v) is 4.05. The molecule has 1 fully saturated rings. The molecule has 24 heavy (non-hydrogen) atoms. The number of aliphatic hydroxyl groups excluding tert-OH is 1. The summed E-state index contributed by atoms with van der Waals surface area (Å²) < 4.78 is 5.72. The second-order valence-corrected chi connectivity index (χ2v) is 6.08. The van der Waals surface area contributed by atoms with Gasteiger partial charge in [-0.3, -0.25) is 9.78 Å². The van der Waals surface area contributed by atoms with Crippen LogP contribution in [-0.2, 0) is 6.61 Å². The fraction of sp³-hybridized carbons (Fsp3) is 0.368. The predicted molar refractivity (Wildman–Crippen MR) is 90.9 cm³/mol. The Labute approximate surface area is 141 Å². The van der Waals surface area contributed by atoms with Crippen molar-refractivity contribution in [2.75, 3.05) is 13.2 Å². The van der Waals surface area contributed by atoms with Crippen LogP contribution in [0.3, 0.4) is 0 Å². The number of rotatable bonds is 7. The van der Waals surface area contributed by atoms with E-state index in [1.54, 1.807) is 11.1 Å². The van der Waals surface area contributed by atoms with Crippen molar-refractivity contribution in [3.05, 3.63) is 59.4 Å². The van der Waals surface area contributed by atoms with E-state index >= 15 is 0 Å². The third kappa shape index (κ3) is 4.11. The Hall–Kier alpha value is -2.40. The summed E-state index contributed by atoms with van der Waals surface area (Å²) in [5, 5.41) is 9.17. The van der Waals surface area contributed by atoms with E-state index in [2.05, 4.69) is 4.98 Å². The molecule has 5 nitrogen and oxygen atoms in total. The molecule has 0 saturated heterocycles. The molecular weight excluding hydrogens is 304 g/mol. The zero-order chi connectivity index (χ0) is 16.9. The van der Waals surface area contributed by atoms with Crippen LogP contribution < -0.4 is 4.74 Å². The van der Waals surface area contributed by atoms with Crippen molar-refractivity contribution in [2.45, 2.75) is 32.4 Å². The van der Waals surface area contributed by atoms with E-state index < -0.39 is 0 Å². The van der Waals surface area contributed by atoms with Crippen molar-refractivity contribution in [2.24, 2.45) is 0 Å². The zero-order valence-electron chi connectivity index (χ0n) is 13.8. The Kier molecular flexibility index (Phi) is 5.11. The highest BCUT2D eigenvalue weighted by molar-refractivity contribution is 5.94. The van der Waals surface area contributed by atoms with E-state index in [9.17, 15) is 9.90 Å². The van der Waals surface area contributed by atoms with Crippen molar-refractivity contribution >= 4 is 5.91 Å². The lowest BCUT2D eigenvalue weighted by Gasteiger charge is -2.21. The molecule has 1 amide bonds. The fourth-order valence-electron chi connectivity index (χ4n) is 2.61. The number of ether oxygens (including phenoxy) is 1. The first-order chi connectivity index (χ1) is 11.7. The Bertz CT molecular complexity index is 696. The number of aryl methyl sites for hydroxylation is 1. The topological polar surface area (TPSA) is 62.7 Å². The maximum absolute atomic E-state index is 12.6. The summed E-state index contributed by atoms with van der Waals surface area (Å²) in [6.45, 7) is 2.69. The monoisotopic (exact) mass is 326 g/mol. The number of hydrogen-bond acceptors (Lipinski definition) is 4. The summed E-state index contributed by atoms with van der Waals surface area (Å²) in [6.07, 6.45) is 3.74. The highest BCUT2D eigenvalue weighted by atomic mass is 16.5. The average Bonchev–Trinajstić information content (AvgIpc) is 3.44. The lowest BCUT2D eigenvalue weighted by molar-refractivity contribution is 0.0707. The number of aromatic nitrogens is 1. The predicted octanol–water partition coefficient (Wildman–Crippen LogP) is 2.57. The summed E-state index contributed by atoms with van der Waals surface area (Å²) in [5.74, 6) is 0.683. The summed E-state index contributed by atoms with van der Waals surface area (Å²) in [6, 6.07) is 11.5. The van der Waals surface area contributed by atoms with Gasteiger partial charge in [-0.25, -0.2) is 0 Å². The highest BCUT2D eigenvalue weighted by Gasteiger charge is 2.32. The van der Waals surface area contributed by atoms with Crippen LogP contribution >= 0.6 is 0 Å². The number of carbonyl (C=O) groups is 1. The van der Waals surface area contributed by atoms with Gasteiger partial charge in [0.25, 0.3) is 5.91 Å². The second kappa shape index (κ2) is 7.45. The van der Waals surface area contributed by atoms with Gasteiger partial charge in [0.15, 0.2) is 0 Å². The van der Waals surface area contributed by atoms with Gasteiger partial charge in [0.2, 0.25) is 0 Å². The standard InChI is InChI=1S/C19H22N2O3/c1-14-5-8-18(12-20-14)24-13-15-3-2-4-16(11-15)19(23)21(9-10-22)17-6-7-17/h2-5,8,11-12,17,22H,6-7,9-10,13H2,1H3. The number of benzene rings is 1. The molecule has 1 aliphatic carbocycles. The van der Waals surface area contributed by atoms with Crippen molar-refractivity contribution in [3.63, 3.8) is 0 Å². The number of aliphatic hydroxyl groups is 1. The van der Waals surface area contributed by atoms with Gasteiger partial charge in [0.05, 0.1) is 12.8 Å². The minimum Gasteiger partial charge on any atom is -0.487 e. The summed E-state index contributed by atoms with van der Waals surface area (Å²) >= 11 is 0. The molecule has 1 saturated carbocycles. The molecule has 1 aromatic heterocycles. The summed E-state index contributed by atoms with van der Waals surface area (Å²) in [4.78, 5) is 18.6. The van der Waals surface area contributed by atoms with Crippen molar-refractivity contribution in [1.82, 2.24) is 9.88 Å². The van der Waals surface area contributed by atoms with Crippen LogP contribution in [0.25, 0.3) is 0 Å². The first kappa shape index (κ1) is 16.5. The first-order valence-electron chi connectivity index (χ1n) is 8.23. The molecule has 3 rings (SSSR count). The highest BCUT2D eigenvalue weighted by Crippen LogP contribution is 2.28. The Morgan fingerprint density at radius 3 is 2.83 bits per heavy atom. The SMILES string of the molecule is Cc1ccc(OCc2cccc(C(=O)N(CCO)C3CC3)c2)cn1. The minimum atomic E-state index is -0.0228. The Balaban J connectivity index is 1.66. The van der Waals surface area contributed by atoms with Crippen molar-refractivity contribution in [3.8, 4) is 5.75 Å². The molecular formula is C19H22N2O3. The van der Waals surface area contributed by atoms with Crippen LogP contribution in [0.5, 0.6) is 5.75 Å². The van der Waals surface area contributed by atoms with Crippen LogP contribution in [0.4, 0.5) is 0 Å². The summed E-state index contributed by atoms with van der Waals surface area (Å²) in [5.41, 5.74) is 2.51. The molecule has 0 spiro atoms. The van der Waals surface area contributed by atoms with Crippen LogP contribution in [0.2, 0.25) is 0 Å². The average molecular weight is 326 g/mol. The largest absolute Gasteiger partial charge is 0.487 e. The van der Waals surface area contributed by atoms with Crippen molar-refractivity contribution < 1.29 is 14.6 Å². The van der Waals surface area contributed by atoms with Crippen LogP contribution in [0.1, 0.15) is 34.5 Å². The van der Waals surface area contributed by atoms with Crippen LogP contribution in [0, 0.1) is 6.92 Å². The second-order valence-electron chi connectivity index (χ2n) is 6.08. The number of nitrogens with zero attached hydrogens (tertiary/aromatic N) is 2. The maximum Gasteiger partial charge on any atom is 0.254 e. The maximum atomic E-state index is 12.6. The molecule has 0 bridgehead atoms. The van der Waals surface area contributed by atoms with E-state index in [0.29, 0.717) is 24.5 Å². The molecule has 1 heterocycles. The number of hydrogen-bond donors (Lipinski definition) is 1. The van der Waals surface area contributed by atoms with E-state index in [0.717, 1.165) is 24.1 Å². The number of carbonyl (C=O) groups excluding carboxylic acids is 1. The molecule has 1 N–H and O–H groups in total. The fourth-order valence-corrected chi connectivity index (χ4v) is 2.61. The Morgan fingerprint density at radius 1 is 1.33 bits per heavy atom. The van der Waals surface area contributed by atoms with E-state index in [1.807, 2.05) is 43.3 Å². The molecule has 0 aliphatic heterocycles. The quantitative estimate of drug-likeness (QED) is 0.849. The number of pyridine rings is 1. The molecule has 0 unspecified atom stereocenters. The molecule has 2 aromatic rings. The van der Waals surface area contributed by atoms with Gasteiger partial charge >= 0.3 is 0 Å². The van der Waals surface area contributed by atoms with Gasteiger partial charge in [0.1, 0.15) is 12.4 Å². The molecule has 1 aromatic carbocycles. The van der Waals surface area contributed by atoms with Gasteiger partial charge in [-0.05, 0) is 49.6 Å². The van der Waals surface area contributed by atoms with Crippen LogP contribution in [0.15, 0.2) is 42.6 Å². The van der Waals surface area contributed by atoms with E-state index in [4.69, 9.17) is 4.74 Å². The minimum absolute atomic E-state index is 0.00847. The zero-order valence-corrected chi connectivity index (χ0v) is 13.8. The lowest BCUT2D eigenvalue weighted by atomic mass is 10.1. The first-order valence-corrected chi connectivity index (χ1v) is 8.23. The summed E-state index contributed by atoms with van der Waals surface area (Å²) in [7, 11) is 0. The van der Waals surface area contributed by atoms with Gasteiger partial charge in [-0.2, -0.15) is 0 Å².